The van der Waals surface area contributed by atoms with Gasteiger partial charge in [-0.15, -0.1) is 0 Å². The number of ether oxygens (including phenoxy) is 1. The molecule has 2 aromatic rings. The number of pyridine rings is 1. The maximum absolute atomic E-state index is 12.8. The first-order chi connectivity index (χ1) is 16.9. The number of carbonyl (C=O) groups excluding carboxylic acids is 1. The van der Waals surface area contributed by atoms with Crippen molar-refractivity contribution >= 4 is 5.97 Å². The van der Waals surface area contributed by atoms with Gasteiger partial charge in [0.25, 0.3) is 5.56 Å². The molecular formula is C27H34N2O6. The van der Waals surface area contributed by atoms with E-state index in [9.17, 15) is 19.5 Å². The zero-order valence-electron chi connectivity index (χ0n) is 20.3. The second-order valence-corrected chi connectivity index (χ2v) is 10.5. The molecule has 3 atom stereocenters. The minimum Gasteiger partial charge on any atom is -0.502 e. The number of fused-ring (bicyclic) bond motifs is 4. The first kappa shape index (κ1) is 23.9. The number of rotatable bonds is 6. The fourth-order valence-electron chi connectivity index (χ4n) is 6.50. The number of esters is 1. The van der Waals surface area contributed by atoms with Crippen LogP contribution in [-0.4, -0.2) is 40.7 Å². The number of methoxy groups -OCH3 is 1. The van der Waals surface area contributed by atoms with E-state index in [4.69, 9.17) is 9.15 Å². The van der Waals surface area contributed by atoms with Gasteiger partial charge in [-0.1, -0.05) is 25.3 Å². The van der Waals surface area contributed by atoms with E-state index >= 15 is 0 Å². The fraction of sp³-hybridized carbons (Fsp3) is 0.593. The lowest BCUT2D eigenvalue weighted by molar-refractivity contribution is -0.141. The molecule has 188 valence electrons. The van der Waals surface area contributed by atoms with Gasteiger partial charge in [-0.05, 0) is 37.2 Å². The van der Waals surface area contributed by atoms with Crippen LogP contribution in [-0.2, 0) is 22.6 Å². The lowest BCUT2D eigenvalue weighted by Crippen LogP contribution is -2.46. The maximum Gasteiger partial charge on any atom is 0.306 e. The zero-order valence-corrected chi connectivity index (χ0v) is 20.3. The number of piperidine rings is 1. The summed E-state index contributed by atoms with van der Waals surface area (Å²) in [4.78, 5) is 39.6. The number of hydrogen-bond acceptors (Lipinski definition) is 7. The summed E-state index contributed by atoms with van der Waals surface area (Å²) < 4.78 is 13.0. The molecule has 5 rings (SSSR count). The molecule has 1 saturated heterocycles. The van der Waals surface area contributed by atoms with Crippen molar-refractivity contribution in [1.82, 2.24) is 9.47 Å². The first-order valence-electron chi connectivity index (χ1n) is 12.8. The lowest BCUT2D eigenvalue weighted by atomic mass is 9.77. The number of likely N-dealkylation sites (tertiary alicyclic amines) is 1. The molecule has 3 aliphatic rings. The minimum atomic E-state index is -0.471. The van der Waals surface area contributed by atoms with Crippen molar-refractivity contribution in [3.05, 3.63) is 62.1 Å². The Hall–Kier alpha value is -2.87. The summed E-state index contributed by atoms with van der Waals surface area (Å²) in [7, 11) is 1.35. The number of carbonyl (C=O) groups is 1. The molecule has 1 saturated carbocycles. The van der Waals surface area contributed by atoms with E-state index < -0.39 is 11.2 Å². The highest BCUT2D eigenvalue weighted by Crippen LogP contribution is 2.41. The van der Waals surface area contributed by atoms with Gasteiger partial charge in [0.2, 0.25) is 11.2 Å². The van der Waals surface area contributed by atoms with Crippen molar-refractivity contribution in [1.29, 1.82) is 0 Å². The van der Waals surface area contributed by atoms with E-state index in [2.05, 4.69) is 4.90 Å². The van der Waals surface area contributed by atoms with E-state index in [-0.39, 0.29) is 41.5 Å². The van der Waals surface area contributed by atoms with E-state index in [0.717, 1.165) is 57.3 Å². The molecule has 35 heavy (non-hydrogen) atoms. The molecule has 0 aromatic carbocycles. The number of nitrogens with zero attached hydrogens (tertiary/aromatic N) is 2. The van der Waals surface area contributed by atoms with Crippen LogP contribution in [0.15, 0.2) is 38.3 Å². The monoisotopic (exact) mass is 482 g/mol. The molecule has 1 aliphatic carbocycles. The molecule has 8 heteroatoms. The van der Waals surface area contributed by atoms with Gasteiger partial charge in [0.15, 0.2) is 5.76 Å². The summed E-state index contributed by atoms with van der Waals surface area (Å²) in [5, 5.41) is 10.7. The van der Waals surface area contributed by atoms with Crippen molar-refractivity contribution in [2.45, 2.75) is 69.9 Å². The van der Waals surface area contributed by atoms with Gasteiger partial charge < -0.3 is 18.8 Å². The SMILES string of the molecule is COC(=O)C[C@H](c1oc(CN2C[C@H]3C[C@@H](C2)c2cccc(=O)n2C3)cc(=O)c1O)C1CCCCC1. The minimum absolute atomic E-state index is 0.0548. The second-order valence-electron chi connectivity index (χ2n) is 10.5. The number of aromatic hydroxyl groups is 1. The standard InChI is InChI=1S/C27H34N2O6/c1-34-25(32)12-21(18-6-3-2-4-7-18)27-26(33)23(30)11-20(35-27)16-28-13-17-10-19(15-28)22-8-5-9-24(31)29(22)14-17/h5,8-9,11,17-19,21,33H,2-4,6-7,10,12-16H2,1H3/t17-,19+,21+/m1/s1. The van der Waals surface area contributed by atoms with Crippen LogP contribution in [0.5, 0.6) is 5.75 Å². The van der Waals surface area contributed by atoms with Gasteiger partial charge in [0.1, 0.15) is 5.76 Å². The summed E-state index contributed by atoms with van der Waals surface area (Å²) in [6.07, 6.45) is 6.28. The van der Waals surface area contributed by atoms with Gasteiger partial charge in [0.05, 0.1) is 20.1 Å². The molecule has 8 nitrogen and oxygen atoms in total. The Morgan fingerprint density at radius 3 is 2.74 bits per heavy atom. The number of hydrogen-bond donors (Lipinski definition) is 1. The average molecular weight is 483 g/mol. The summed E-state index contributed by atoms with van der Waals surface area (Å²) in [6, 6.07) is 6.85. The second kappa shape index (κ2) is 10.0. The Morgan fingerprint density at radius 1 is 1.17 bits per heavy atom. The predicted octanol–water partition coefficient (Wildman–Crippen LogP) is 3.35. The van der Waals surface area contributed by atoms with E-state index in [1.807, 2.05) is 16.7 Å². The average Bonchev–Trinajstić information content (AvgIpc) is 2.86. The van der Waals surface area contributed by atoms with Gasteiger partial charge in [-0.2, -0.15) is 0 Å². The summed E-state index contributed by atoms with van der Waals surface area (Å²) >= 11 is 0. The van der Waals surface area contributed by atoms with Crippen LogP contribution in [0.2, 0.25) is 0 Å². The molecule has 4 heterocycles. The van der Waals surface area contributed by atoms with E-state index in [0.29, 0.717) is 24.8 Å². The molecule has 0 spiro atoms. The van der Waals surface area contributed by atoms with Crippen molar-refractivity contribution < 1.29 is 19.1 Å². The lowest BCUT2D eigenvalue weighted by Gasteiger charge is -2.42. The highest BCUT2D eigenvalue weighted by atomic mass is 16.5. The van der Waals surface area contributed by atoms with Gasteiger partial charge in [-0.3, -0.25) is 19.3 Å². The summed E-state index contributed by atoms with van der Waals surface area (Å²) in [6.45, 7) is 2.73. The molecule has 0 radical (unpaired) electrons. The normalized spacial score (nSPS) is 23.5. The molecule has 2 aliphatic heterocycles. The van der Waals surface area contributed by atoms with Crippen molar-refractivity contribution in [3.8, 4) is 5.75 Å². The molecule has 2 fully saturated rings. The smallest absolute Gasteiger partial charge is 0.306 e. The van der Waals surface area contributed by atoms with Crippen LogP contribution in [0, 0.1) is 11.8 Å². The predicted molar refractivity (Wildman–Crippen MR) is 129 cm³/mol. The first-order valence-corrected chi connectivity index (χ1v) is 12.8. The third kappa shape index (κ3) is 4.94. The quantitative estimate of drug-likeness (QED) is 0.630. The Morgan fingerprint density at radius 2 is 1.97 bits per heavy atom. The zero-order chi connectivity index (χ0) is 24.5. The molecule has 1 N–H and O–H groups in total. The van der Waals surface area contributed by atoms with Crippen molar-refractivity contribution in [2.75, 3.05) is 20.2 Å². The van der Waals surface area contributed by atoms with E-state index in [1.54, 1.807) is 6.07 Å². The largest absolute Gasteiger partial charge is 0.502 e. The molecule has 2 aromatic heterocycles. The van der Waals surface area contributed by atoms with Crippen LogP contribution in [0.1, 0.15) is 74.0 Å². The topological polar surface area (TPSA) is 102 Å². The van der Waals surface area contributed by atoms with Crippen molar-refractivity contribution in [3.63, 3.8) is 0 Å². The number of aromatic nitrogens is 1. The van der Waals surface area contributed by atoms with Crippen LogP contribution in [0.4, 0.5) is 0 Å². The molecule has 0 amide bonds. The highest BCUT2D eigenvalue weighted by Gasteiger charge is 2.36. The van der Waals surface area contributed by atoms with Crippen LogP contribution in [0.25, 0.3) is 0 Å². The Kier molecular flexibility index (Phi) is 6.82. The van der Waals surface area contributed by atoms with Crippen molar-refractivity contribution in [2.24, 2.45) is 11.8 Å². The third-order valence-electron chi connectivity index (χ3n) is 8.10. The Balaban J connectivity index is 1.40. The third-order valence-corrected chi connectivity index (χ3v) is 8.10. The molecular weight excluding hydrogens is 448 g/mol. The highest BCUT2D eigenvalue weighted by molar-refractivity contribution is 5.70. The fourth-order valence-corrected chi connectivity index (χ4v) is 6.50. The molecule has 2 bridgehead atoms. The van der Waals surface area contributed by atoms with Crippen LogP contribution in [0.3, 0.4) is 0 Å². The van der Waals surface area contributed by atoms with Gasteiger partial charge in [0, 0.05) is 49.3 Å². The maximum atomic E-state index is 12.8. The van der Waals surface area contributed by atoms with Gasteiger partial charge >= 0.3 is 5.97 Å². The molecule has 0 unspecified atom stereocenters. The summed E-state index contributed by atoms with van der Waals surface area (Å²) in [5.41, 5.74) is 0.655. The van der Waals surface area contributed by atoms with E-state index in [1.165, 1.54) is 13.2 Å². The Bertz CT molecular complexity index is 1190. The summed E-state index contributed by atoms with van der Waals surface area (Å²) in [5.74, 6) is 0.361. The van der Waals surface area contributed by atoms with Crippen LogP contribution < -0.4 is 11.0 Å². The van der Waals surface area contributed by atoms with Gasteiger partial charge in [-0.25, -0.2) is 0 Å². The van der Waals surface area contributed by atoms with Crippen LogP contribution >= 0.6 is 0 Å². The Labute approximate surface area is 204 Å².